The van der Waals surface area contributed by atoms with Gasteiger partial charge in [-0.25, -0.2) is 27.5 Å². The second-order valence-electron chi connectivity index (χ2n) is 7.65. The second kappa shape index (κ2) is 13.6. The van der Waals surface area contributed by atoms with Crippen molar-refractivity contribution in [1.29, 1.82) is 0 Å². The van der Waals surface area contributed by atoms with Gasteiger partial charge < -0.3 is 15.4 Å². The quantitative estimate of drug-likeness (QED) is 0.202. The average Bonchev–Trinajstić information content (AvgIpc) is 2.81. The standard InChI is InChI=1S/C23H30N4O6S2/c1-3-15-27(34)23(30)24-14-4-5-16-33-21(28)18-8-10-19(11-9-18)25-22(29)26-35(31,32)20-12-6-17(2)7-13-20/h6-13,34H,3-5,14-16H2,1-2H3,(H,24,30)(H2,25,26,29). The number of unbranched alkanes of at least 4 members (excludes halogenated alkanes) is 1. The van der Waals surface area contributed by atoms with Gasteiger partial charge in [0.05, 0.1) is 17.1 Å². The molecule has 0 spiro atoms. The minimum Gasteiger partial charge on any atom is -0.462 e. The normalized spacial score (nSPS) is 10.8. The summed E-state index contributed by atoms with van der Waals surface area (Å²) in [5, 5.41) is 5.14. The first-order valence-electron chi connectivity index (χ1n) is 11.0. The van der Waals surface area contributed by atoms with E-state index in [0.717, 1.165) is 12.0 Å². The highest BCUT2D eigenvalue weighted by Crippen LogP contribution is 2.13. The Labute approximate surface area is 211 Å². The summed E-state index contributed by atoms with van der Waals surface area (Å²) in [5.41, 5.74) is 1.47. The Bertz CT molecular complexity index is 1110. The minimum atomic E-state index is -4.01. The molecule has 0 atom stereocenters. The van der Waals surface area contributed by atoms with Gasteiger partial charge in [-0.1, -0.05) is 37.4 Å². The van der Waals surface area contributed by atoms with E-state index in [1.54, 1.807) is 12.1 Å². The van der Waals surface area contributed by atoms with Crippen molar-refractivity contribution in [2.75, 3.05) is 25.0 Å². The molecule has 0 saturated carbocycles. The molecule has 0 aliphatic carbocycles. The van der Waals surface area contributed by atoms with Gasteiger partial charge in [0.15, 0.2) is 0 Å². The van der Waals surface area contributed by atoms with Crippen LogP contribution in [0.3, 0.4) is 0 Å². The average molecular weight is 523 g/mol. The van der Waals surface area contributed by atoms with Crippen LogP contribution in [0.2, 0.25) is 0 Å². The van der Waals surface area contributed by atoms with Crippen LogP contribution in [0.15, 0.2) is 53.4 Å². The molecule has 0 radical (unpaired) electrons. The summed E-state index contributed by atoms with van der Waals surface area (Å²) >= 11 is 4.08. The number of ether oxygens (including phenoxy) is 1. The van der Waals surface area contributed by atoms with Crippen LogP contribution in [-0.4, -0.2) is 50.5 Å². The summed E-state index contributed by atoms with van der Waals surface area (Å²) in [5.74, 6) is -0.531. The van der Waals surface area contributed by atoms with Gasteiger partial charge in [0.1, 0.15) is 0 Å². The van der Waals surface area contributed by atoms with Crippen LogP contribution in [0.4, 0.5) is 15.3 Å². The SMILES string of the molecule is CCCN(S)C(=O)NCCCCOC(=O)c1ccc(NC(=O)NS(=O)(=O)c2ccc(C)cc2)cc1. The van der Waals surface area contributed by atoms with Crippen LogP contribution >= 0.6 is 12.8 Å². The van der Waals surface area contributed by atoms with Gasteiger partial charge in [0.25, 0.3) is 10.0 Å². The Kier molecular flexibility index (Phi) is 10.9. The van der Waals surface area contributed by atoms with Gasteiger partial charge >= 0.3 is 18.0 Å². The monoisotopic (exact) mass is 522 g/mol. The van der Waals surface area contributed by atoms with Crippen LogP contribution in [0.1, 0.15) is 42.1 Å². The molecule has 0 fully saturated rings. The number of nitrogens with zero attached hydrogens (tertiary/aromatic N) is 1. The van der Waals surface area contributed by atoms with Crippen LogP contribution in [0.5, 0.6) is 0 Å². The second-order valence-corrected chi connectivity index (χ2v) is 9.81. The highest BCUT2D eigenvalue weighted by molar-refractivity contribution is 7.90. The summed E-state index contributed by atoms with van der Waals surface area (Å²) in [6.07, 6.45) is 2.02. The molecule has 0 unspecified atom stereocenters. The highest BCUT2D eigenvalue weighted by Gasteiger charge is 2.17. The zero-order valence-electron chi connectivity index (χ0n) is 19.6. The molecule has 3 N–H and O–H groups in total. The lowest BCUT2D eigenvalue weighted by Gasteiger charge is -2.15. The predicted molar refractivity (Wildman–Crippen MR) is 136 cm³/mol. The Morgan fingerprint density at radius 2 is 1.66 bits per heavy atom. The van der Waals surface area contributed by atoms with Crippen LogP contribution in [0.25, 0.3) is 0 Å². The fourth-order valence-electron chi connectivity index (χ4n) is 2.82. The van der Waals surface area contributed by atoms with E-state index in [4.69, 9.17) is 4.74 Å². The van der Waals surface area contributed by atoms with E-state index < -0.39 is 22.0 Å². The van der Waals surface area contributed by atoms with Gasteiger partial charge in [-0.15, -0.1) is 0 Å². The van der Waals surface area contributed by atoms with E-state index in [1.807, 2.05) is 18.6 Å². The Hall–Kier alpha value is -3.25. The molecule has 0 heterocycles. The lowest BCUT2D eigenvalue weighted by atomic mass is 10.2. The first-order valence-corrected chi connectivity index (χ1v) is 12.9. The molecule has 2 rings (SSSR count). The number of amides is 4. The third kappa shape index (κ3) is 9.49. The van der Waals surface area contributed by atoms with Gasteiger partial charge in [-0.05, 0) is 62.6 Å². The molecule has 0 aliphatic rings. The van der Waals surface area contributed by atoms with Crippen molar-refractivity contribution in [3.63, 3.8) is 0 Å². The molecule has 2 aromatic carbocycles. The van der Waals surface area contributed by atoms with E-state index >= 15 is 0 Å². The molecule has 190 valence electrons. The molecule has 2 aromatic rings. The molecule has 4 amide bonds. The van der Waals surface area contributed by atoms with Crippen molar-refractivity contribution in [3.05, 3.63) is 59.7 Å². The van der Waals surface area contributed by atoms with E-state index in [9.17, 15) is 22.8 Å². The van der Waals surface area contributed by atoms with Crippen molar-refractivity contribution in [2.45, 2.75) is 38.0 Å². The number of benzene rings is 2. The van der Waals surface area contributed by atoms with Gasteiger partial charge in [-0.2, -0.15) is 0 Å². The zero-order chi connectivity index (χ0) is 25.8. The first-order chi connectivity index (χ1) is 16.6. The smallest absolute Gasteiger partial charge is 0.338 e. The molecule has 12 heteroatoms. The number of thiol groups is 1. The van der Waals surface area contributed by atoms with Crippen molar-refractivity contribution in [2.24, 2.45) is 0 Å². The van der Waals surface area contributed by atoms with Gasteiger partial charge in [0.2, 0.25) is 0 Å². The maximum Gasteiger partial charge on any atom is 0.338 e. The summed E-state index contributed by atoms with van der Waals surface area (Å²) < 4.78 is 33.0. The molecule has 0 bridgehead atoms. The molecular formula is C23H30N4O6S2. The molecule has 10 nitrogen and oxygen atoms in total. The Morgan fingerprint density at radius 1 is 1.00 bits per heavy atom. The van der Waals surface area contributed by atoms with Crippen molar-refractivity contribution in [1.82, 2.24) is 14.3 Å². The third-order valence-corrected chi connectivity index (χ3v) is 6.42. The minimum absolute atomic E-state index is 0.0288. The number of hydrogen-bond donors (Lipinski definition) is 4. The highest BCUT2D eigenvalue weighted by atomic mass is 32.2. The Morgan fingerprint density at radius 3 is 2.29 bits per heavy atom. The fraction of sp³-hybridized carbons (Fsp3) is 0.348. The van der Waals surface area contributed by atoms with E-state index in [1.165, 1.54) is 40.7 Å². The van der Waals surface area contributed by atoms with E-state index in [-0.39, 0.29) is 23.1 Å². The van der Waals surface area contributed by atoms with Gasteiger partial charge in [-0.3, -0.25) is 4.31 Å². The number of hydrogen-bond acceptors (Lipinski definition) is 7. The molecule has 0 aliphatic heterocycles. The number of rotatable bonds is 11. The maximum absolute atomic E-state index is 12.3. The lowest BCUT2D eigenvalue weighted by Crippen LogP contribution is -2.35. The summed E-state index contributed by atoms with van der Waals surface area (Å²) in [6.45, 7) is 4.96. The number of carbonyl (C=O) groups excluding carboxylic acids is 3. The summed E-state index contributed by atoms with van der Waals surface area (Å²) in [4.78, 5) is 35.9. The van der Waals surface area contributed by atoms with Crippen LogP contribution in [0, 0.1) is 6.92 Å². The summed E-state index contributed by atoms with van der Waals surface area (Å²) in [7, 11) is -4.01. The van der Waals surface area contributed by atoms with Gasteiger partial charge in [0, 0.05) is 18.8 Å². The molecule has 35 heavy (non-hydrogen) atoms. The first kappa shape index (κ1) is 28.0. The van der Waals surface area contributed by atoms with Crippen LogP contribution < -0.4 is 15.4 Å². The van der Waals surface area contributed by atoms with E-state index in [2.05, 4.69) is 23.4 Å². The number of aryl methyl sites for hydroxylation is 1. The summed E-state index contributed by atoms with van der Waals surface area (Å²) in [6, 6.07) is 10.7. The Balaban J connectivity index is 1.73. The number of carbonyl (C=O) groups is 3. The molecule has 0 saturated heterocycles. The number of anilines is 1. The van der Waals surface area contributed by atoms with Crippen molar-refractivity contribution in [3.8, 4) is 0 Å². The maximum atomic E-state index is 12.3. The third-order valence-electron chi connectivity index (χ3n) is 4.69. The number of nitrogens with one attached hydrogen (secondary N) is 3. The lowest BCUT2D eigenvalue weighted by molar-refractivity contribution is 0.0498. The number of esters is 1. The fourth-order valence-corrected chi connectivity index (χ4v) is 4.00. The number of sulfonamides is 1. The van der Waals surface area contributed by atoms with Crippen molar-refractivity contribution < 1.29 is 27.5 Å². The van der Waals surface area contributed by atoms with Crippen LogP contribution in [-0.2, 0) is 14.8 Å². The molecule has 0 aromatic heterocycles. The topological polar surface area (TPSA) is 134 Å². The number of urea groups is 2. The van der Waals surface area contributed by atoms with E-state index in [0.29, 0.717) is 31.6 Å². The predicted octanol–water partition coefficient (Wildman–Crippen LogP) is 3.71. The van der Waals surface area contributed by atoms with Crippen molar-refractivity contribution >= 4 is 46.6 Å². The largest absolute Gasteiger partial charge is 0.462 e. The zero-order valence-corrected chi connectivity index (χ0v) is 21.3. The molecular weight excluding hydrogens is 492 g/mol.